The molecule has 0 spiro atoms. The molecule has 2 aromatic carbocycles. The number of nitrogens with zero attached hydrogens (tertiary/aromatic N) is 2. The van der Waals surface area contributed by atoms with E-state index in [-0.39, 0.29) is 6.04 Å². The molecule has 1 atom stereocenters. The third kappa shape index (κ3) is 3.87. The maximum atomic E-state index is 5.40. The normalized spacial score (nSPS) is 14.5. The Hall–Kier alpha value is -3.72. The molecule has 0 radical (unpaired) electrons. The maximum Gasteiger partial charge on any atom is 0.229 e. The molecule has 2 heterocycles. The second-order valence-corrected chi connectivity index (χ2v) is 6.72. The zero-order valence-electron chi connectivity index (χ0n) is 17.2. The summed E-state index contributed by atoms with van der Waals surface area (Å²) in [5, 5.41) is 6.49. The van der Waals surface area contributed by atoms with Crippen LogP contribution in [0.15, 0.2) is 42.6 Å². The van der Waals surface area contributed by atoms with E-state index in [1.807, 2.05) is 24.3 Å². The number of ether oxygens (including phenoxy) is 3. The summed E-state index contributed by atoms with van der Waals surface area (Å²) in [5.74, 6) is 2.74. The molecular formula is C21H24N6O3. The molecule has 4 rings (SSSR count). The number of rotatable bonds is 7. The molecule has 4 N–H and O–H groups in total. The summed E-state index contributed by atoms with van der Waals surface area (Å²) >= 11 is 0. The van der Waals surface area contributed by atoms with Crippen molar-refractivity contribution >= 4 is 28.8 Å². The van der Waals surface area contributed by atoms with Crippen LogP contribution in [0.25, 0.3) is 0 Å². The van der Waals surface area contributed by atoms with Crippen molar-refractivity contribution in [3.8, 4) is 17.2 Å². The first-order valence-electron chi connectivity index (χ1n) is 9.44. The lowest BCUT2D eigenvalue weighted by Crippen LogP contribution is -2.15. The lowest BCUT2D eigenvalue weighted by atomic mass is 10.1. The zero-order valence-corrected chi connectivity index (χ0v) is 17.2. The van der Waals surface area contributed by atoms with Crippen LogP contribution >= 0.6 is 0 Å². The maximum absolute atomic E-state index is 5.40. The lowest BCUT2D eigenvalue weighted by Gasteiger charge is -2.15. The Balaban J connectivity index is 1.54. The van der Waals surface area contributed by atoms with Gasteiger partial charge in [-0.1, -0.05) is 6.07 Å². The summed E-state index contributed by atoms with van der Waals surface area (Å²) in [5.41, 5.74) is 10.3. The van der Waals surface area contributed by atoms with Crippen LogP contribution in [0.1, 0.15) is 18.5 Å². The highest BCUT2D eigenvalue weighted by molar-refractivity contribution is 5.69. The molecule has 1 aliphatic rings. The number of fused-ring (bicyclic) bond motifs is 1. The topological polar surface area (TPSA) is 102 Å². The van der Waals surface area contributed by atoms with E-state index in [2.05, 4.69) is 44.4 Å². The van der Waals surface area contributed by atoms with Crippen molar-refractivity contribution in [3.05, 3.63) is 48.2 Å². The SMILES string of the molecule is COc1cc(Nc2ccnc(Nc3ccc4c(c3)NNC4C)n2)cc(OC)c1OC. The number of aromatic nitrogens is 2. The number of nitrogens with one attached hydrogen (secondary N) is 4. The average molecular weight is 408 g/mol. The predicted molar refractivity (Wildman–Crippen MR) is 116 cm³/mol. The first-order chi connectivity index (χ1) is 14.6. The molecule has 9 nitrogen and oxygen atoms in total. The van der Waals surface area contributed by atoms with Gasteiger partial charge in [0.2, 0.25) is 11.7 Å². The summed E-state index contributed by atoms with van der Waals surface area (Å²) < 4.78 is 16.2. The molecule has 0 saturated heterocycles. The Kier molecular flexibility index (Phi) is 5.44. The molecule has 156 valence electrons. The van der Waals surface area contributed by atoms with Crippen molar-refractivity contribution in [2.75, 3.05) is 37.4 Å². The first-order valence-corrected chi connectivity index (χ1v) is 9.44. The third-order valence-corrected chi connectivity index (χ3v) is 4.79. The molecule has 1 unspecified atom stereocenters. The molecule has 0 aliphatic carbocycles. The Morgan fingerprint density at radius 2 is 1.67 bits per heavy atom. The molecule has 0 saturated carbocycles. The van der Waals surface area contributed by atoms with E-state index < -0.39 is 0 Å². The van der Waals surface area contributed by atoms with Gasteiger partial charge in [0.25, 0.3) is 0 Å². The fraction of sp³-hybridized carbons (Fsp3) is 0.238. The highest BCUT2D eigenvalue weighted by atomic mass is 16.5. The molecule has 1 aromatic heterocycles. The fourth-order valence-electron chi connectivity index (χ4n) is 3.30. The van der Waals surface area contributed by atoms with Crippen LogP contribution in [-0.4, -0.2) is 31.3 Å². The van der Waals surface area contributed by atoms with Gasteiger partial charge in [0.15, 0.2) is 11.5 Å². The van der Waals surface area contributed by atoms with Gasteiger partial charge in [0, 0.05) is 29.7 Å². The van der Waals surface area contributed by atoms with Gasteiger partial charge >= 0.3 is 0 Å². The quantitative estimate of drug-likeness (QED) is 0.462. The van der Waals surface area contributed by atoms with Gasteiger partial charge in [-0.05, 0) is 30.7 Å². The van der Waals surface area contributed by atoms with Gasteiger partial charge in [-0.3, -0.25) is 0 Å². The highest BCUT2D eigenvalue weighted by Crippen LogP contribution is 2.40. The van der Waals surface area contributed by atoms with E-state index >= 15 is 0 Å². The number of hydrazine groups is 1. The smallest absolute Gasteiger partial charge is 0.229 e. The number of anilines is 5. The van der Waals surface area contributed by atoms with Crippen LogP contribution in [0.3, 0.4) is 0 Å². The number of hydrogen-bond acceptors (Lipinski definition) is 9. The van der Waals surface area contributed by atoms with Crippen LogP contribution in [0, 0.1) is 0 Å². The zero-order chi connectivity index (χ0) is 21.1. The van der Waals surface area contributed by atoms with E-state index in [0.29, 0.717) is 29.0 Å². The van der Waals surface area contributed by atoms with E-state index in [0.717, 1.165) is 17.1 Å². The average Bonchev–Trinajstić information content (AvgIpc) is 3.13. The molecule has 1 aliphatic heterocycles. The number of hydrogen-bond donors (Lipinski definition) is 4. The monoisotopic (exact) mass is 408 g/mol. The fourth-order valence-corrected chi connectivity index (χ4v) is 3.30. The van der Waals surface area contributed by atoms with Crippen LogP contribution in [0.4, 0.5) is 28.8 Å². The van der Waals surface area contributed by atoms with Crippen molar-refractivity contribution < 1.29 is 14.2 Å². The molecule has 0 fully saturated rings. The van der Waals surface area contributed by atoms with Gasteiger partial charge in [0.1, 0.15) is 5.82 Å². The molecule has 9 heteroatoms. The van der Waals surface area contributed by atoms with Crippen molar-refractivity contribution in [2.24, 2.45) is 0 Å². The molecule has 30 heavy (non-hydrogen) atoms. The summed E-state index contributed by atoms with van der Waals surface area (Å²) in [6, 6.07) is 11.8. The third-order valence-electron chi connectivity index (χ3n) is 4.79. The minimum atomic E-state index is 0.274. The van der Waals surface area contributed by atoms with Crippen molar-refractivity contribution in [1.29, 1.82) is 0 Å². The summed E-state index contributed by atoms with van der Waals surface area (Å²) in [6.07, 6.45) is 1.69. The number of methoxy groups -OCH3 is 3. The van der Waals surface area contributed by atoms with Crippen molar-refractivity contribution in [3.63, 3.8) is 0 Å². The molecule has 0 amide bonds. The van der Waals surface area contributed by atoms with Gasteiger partial charge in [0.05, 0.1) is 33.1 Å². The van der Waals surface area contributed by atoms with Gasteiger partial charge in [-0.15, -0.1) is 0 Å². The van der Waals surface area contributed by atoms with Gasteiger partial charge in [-0.25, -0.2) is 10.4 Å². The van der Waals surface area contributed by atoms with E-state index in [4.69, 9.17) is 14.2 Å². The Bertz CT molecular complexity index is 1030. The standard InChI is InChI=1S/C21H24N6O3/c1-12-15-6-5-13(9-16(15)27-26-12)24-21-22-8-7-19(25-21)23-14-10-17(28-2)20(30-4)18(11-14)29-3/h5-12,26-27H,1-4H3,(H2,22,23,24,25). The van der Waals surface area contributed by atoms with Crippen LogP contribution in [0.2, 0.25) is 0 Å². The Morgan fingerprint density at radius 1 is 0.900 bits per heavy atom. The largest absolute Gasteiger partial charge is 0.493 e. The van der Waals surface area contributed by atoms with E-state index in [1.165, 1.54) is 5.56 Å². The summed E-state index contributed by atoms with van der Waals surface area (Å²) in [7, 11) is 4.73. The van der Waals surface area contributed by atoms with Crippen LogP contribution in [0.5, 0.6) is 17.2 Å². The minimum Gasteiger partial charge on any atom is -0.493 e. The minimum absolute atomic E-state index is 0.274. The van der Waals surface area contributed by atoms with Crippen molar-refractivity contribution in [1.82, 2.24) is 15.4 Å². The second-order valence-electron chi connectivity index (χ2n) is 6.72. The van der Waals surface area contributed by atoms with Crippen molar-refractivity contribution in [2.45, 2.75) is 13.0 Å². The van der Waals surface area contributed by atoms with Gasteiger partial charge < -0.3 is 30.3 Å². The van der Waals surface area contributed by atoms with Gasteiger partial charge in [-0.2, -0.15) is 4.98 Å². The summed E-state index contributed by atoms with van der Waals surface area (Å²) in [6.45, 7) is 2.10. The summed E-state index contributed by atoms with van der Waals surface area (Å²) in [4.78, 5) is 8.86. The first kappa shape index (κ1) is 19.6. The Labute approximate surface area is 174 Å². The highest BCUT2D eigenvalue weighted by Gasteiger charge is 2.17. The molecular weight excluding hydrogens is 384 g/mol. The van der Waals surface area contributed by atoms with Crippen LogP contribution in [-0.2, 0) is 0 Å². The Morgan fingerprint density at radius 3 is 2.37 bits per heavy atom. The van der Waals surface area contributed by atoms with E-state index in [9.17, 15) is 0 Å². The van der Waals surface area contributed by atoms with E-state index in [1.54, 1.807) is 33.6 Å². The molecule has 0 bridgehead atoms. The number of benzene rings is 2. The predicted octanol–water partition coefficient (Wildman–Crippen LogP) is 3.98. The van der Waals surface area contributed by atoms with Crippen LogP contribution < -0.4 is 35.7 Å². The lowest BCUT2D eigenvalue weighted by molar-refractivity contribution is 0.324. The second kappa shape index (κ2) is 8.34. The molecule has 3 aromatic rings.